The molecule has 2 rings (SSSR count). The highest BCUT2D eigenvalue weighted by atomic mass is 16.2. The molecule has 104 valence electrons. The van der Waals surface area contributed by atoms with Crippen LogP contribution in [0.25, 0.3) is 0 Å². The summed E-state index contributed by atoms with van der Waals surface area (Å²) in [5.74, 6) is 0.382. The van der Waals surface area contributed by atoms with E-state index >= 15 is 0 Å². The minimum absolute atomic E-state index is 0.125. The Morgan fingerprint density at radius 1 is 1.53 bits per heavy atom. The summed E-state index contributed by atoms with van der Waals surface area (Å²) in [6, 6.07) is 6.04. The topological polar surface area (TPSA) is 45.2 Å². The van der Waals surface area contributed by atoms with Gasteiger partial charge in [0.2, 0.25) is 5.91 Å². The normalized spacial score (nSPS) is 19.4. The average molecular weight is 261 g/mol. The lowest BCUT2D eigenvalue weighted by atomic mass is 9.97. The van der Waals surface area contributed by atoms with Crippen LogP contribution in [0.4, 0.5) is 0 Å². The van der Waals surface area contributed by atoms with Crippen molar-refractivity contribution in [3.05, 3.63) is 30.1 Å². The van der Waals surface area contributed by atoms with Crippen LogP contribution >= 0.6 is 0 Å². The van der Waals surface area contributed by atoms with Crippen LogP contribution in [0.15, 0.2) is 24.4 Å². The molecule has 4 heteroatoms. The molecule has 1 aromatic rings. The van der Waals surface area contributed by atoms with Crippen molar-refractivity contribution >= 4 is 5.91 Å². The average Bonchev–Trinajstić information content (AvgIpc) is 2.46. The Kier molecular flexibility index (Phi) is 4.91. The Hall–Kier alpha value is -1.42. The van der Waals surface area contributed by atoms with E-state index in [1.165, 1.54) is 0 Å². The Balaban J connectivity index is 2.04. The van der Waals surface area contributed by atoms with E-state index in [4.69, 9.17) is 0 Å². The van der Waals surface area contributed by atoms with Crippen LogP contribution < -0.4 is 5.32 Å². The van der Waals surface area contributed by atoms with Gasteiger partial charge in [0.1, 0.15) is 0 Å². The standard InChI is InChI=1S/C15H23N3O/c1-12(2)18(11-14-7-3-4-9-17-14)15(19)13-6-5-8-16-10-13/h3-4,7,9,12-13,16H,5-6,8,10-11H2,1-2H3/t13-/m0/s1. The fraction of sp³-hybridized carbons (Fsp3) is 0.600. The minimum atomic E-state index is 0.125. The summed E-state index contributed by atoms with van der Waals surface area (Å²) < 4.78 is 0. The van der Waals surface area contributed by atoms with Crippen molar-refractivity contribution in [2.75, 3.05) is 13.1 Å². The van der Waals surface area contributed by atoms with Crippen LogP contribution in [0.3, 0.4) is 0 Å². The maximum Gasteiger partial charge on any atom is 0.227 e. The third-order valence-corrected chi connectivity index (χ3v) is 3.61. The lowest BCUT2D eigenvalue weighted by Crippen LogP contribution is -2.45. The molecule has 0 aliphatic carbocycles. The van der Waals surface area contributed by atoms with Gasteiger partial charge in [-0.25, -0.2) is 0 Å². The van der Waals surface area contributed by atoms with E-state index in [2.05, 4.69) is 24.1 Å². The molecule has 0 spiro atoms. The van der Waals surface area contributed by atoms with E-state index < -0.39 is 0 Å². The first kappa shape index (κ1) is 14.0. The van der Waals surface area contributed by atoms with Crippen molar-refractivity contribution in [3.63, 3.8) is 0 Å². The summed E-state index contributed by atoms with van der Waals surface area (Å²) in [5, 5.41) is 3.31. The van der Waals surface area contributed by atoms with Gasteiger partial charge in [0.05, 0.1) is 18.2 Å². The molecule has 0 bridgehead atoms. The fourth-order valence-electron chi connectivity index (χ4n) is 2.48. The Bertz CT molecular complexity index is 399. The van der Waals surface area contributed by atoms with Crippen molar-refractivity contribution in [3.8, 4) is 0 Å². The van der Waals surface area contributed by atoms with E-state index in [1.807, 2.05) is 23.1 Å². The number of hydrogen-bond donors (Lipinski definition) is 1. The third-order valence-electron chi connectivity index (χ3n) is 3.61. The SMILES string of the molecule is CC(C)N(Cc1ccccn1)C(=O)[C@H]1CCCNC1. The fourth-order valence-corrected chi connectivity index (χ4v) is 2.48. The molecule has 19 heavy (non-hydrogen) atoms. The van der Waals surface area contributed by atoms with Gasteiger partial charge in [-0.1, -0.05) is 6.07 Å². The molecule has 0 unspecified atom stereocenters. The number of piperidine rings is 1. The molecule has 0 radical (unpaired) electrons. The maximum atomic E-state index is 12.6. The van der Waals surface area contributed by atoms with Crippen LogP contribution in [0, 0.1) is 5.92 Å². The van der Waals surface area contributed by atoms with Crippen LogP contribution in [0.1, 0.15) is 32.4 Å². The van der Waals surface area contributed by atoms with Gasteiger partial charge in [-0.2, -0.15) is 0 Å². The van der Waals surface area contributed by atoms with E-state index in [-0.39, 0.29) is 17.9 Å². The number of hydrogen-bond acceptors (Lipinski definition) is 3. The monoisotopic (exact) mass is 261 g/mol. The lowest BCUT2D eigenvalue weighted by molar-refractivity contribution is -0.138. The molecule has 4 nitrogen and oxygen atoms in total. The number of pyridine rings is 1. The summed E-state index contributed by atoms with van der Waals surface area (Å²) in [6.45, 7) is 6.58. The number of amides is 1. The zero-order valence-electron chi connectivity index (χ0n) is 11.8. The number of nitrogens with zero attached hydrogens (tertiary/aromatic N) is 2. The molecule has 1 N–H and O–H groups in total. The quantitative estimate of drug-likeness (QED) is 0.899. The molecule has 1 amide bonds. The number of carbonyl (C=O) groups is 1. The second-order valence-corrected chi connectivity index (χ2v) is 5.42. The zero-order valence-corrected chi connectivity index (χ0v) is 11.8. The Morgan fingerprint density at radius 2 is 2.37 bits per heavy atom. The molecule has 1 fully saturated rings. The number of nitrogens with one attached hydrogen (secondary N) is 1. The van der Waals surface area contributed by atoms with Gasteiger partial charge in [-0.15, -0.1) is 0 Å². The maximum absolute atomic E-state index is 12.6. The highest BCUT2D eigenvalue weighted by Gasteiger charge is 2.27. The van der Waals surface area contributed by atoms with Gasteiger partial charge in [0, 0.05) is 18.8 Å². The summed E-state index contributed by atoms with van der Waals surface area (Å²) in [5.41, 5.74) is 0.952. The van der Waals surface area contributed by atoms with Crippen molar-refractivity contribution in [1.82, 2.24) is 15.2 Å². The highest BCUT2D eigenvalue weighted by molar-refractivity contribution is 5.79. The third kappa shape index (κ3) is 3.77. The first-order valence-corrected chi connectivity index (χ1v) is 7.09. The first-order valence-electron chi connectivity index (χ1n) is 7.09. The van der Waals surface area contributed by atoms with Crippen LogP contribution in [-0.2, 0) is 11.3 Å². The van der Waals surface area contributed by atoms with Gasteiger partial charge >= 0.3 is 0 Å². The van der Waals surface area contributed by atoms with Gasteiger partial charge < -0.3 is 10.2 Å². The predicted molar refractivity (Wildman–Crippen MR) is 75.5 cm³/mol. The van der Waals surface area contributed by atoms with Crippen molar-refractivity contribution in [2.45, 2.75) is 39.3 Å². The minimum Gasteiger partial charge on any atom is -0.334 e. The Labute approximate surface area is 115 Å². The van der Waals surface area contributed by atoms with Crippen molar-refractivity contribution in [1.29, 1.82) is 0 Å². The number of aromatic nitrogens is 1. The Morgan fingerprint density at radius 3 is 2.95 bits per heavy atom. The van der Waals surface area contributed by atoms with Crippen molar-refractivity contribution in [2.24, 2.45) is 5.92 Å². The molecule has 1 atom stereocenters. The molecule has 0 aromatic carbocycles. The molecule has 2 heterocycles. The van der Waals surface area contributed by atoms with Crippen molar-refractivity contribution < 1.29 is 4.79 Å². The summed E-state index contributed by atoms with van der Waals surface area (Å²) in [7, 11) is 0. The zero-order chi connectivity index (χ0) is 13.7. The van der Waals surface area contributed by atoms with Crippen LogP contribution in [0.5, 0.6) is 0 Å². The first-order chi connectivity index (χ1) is 9.18. The van der Waals surface area contributed by atoms with Gasteiger partial charge in [-0.05, 0) is 45.4 Å². The van der Waals surface area contributed by atoms with Gasteiger partial charge in [0.15, 0.2) is 0 Å². The molecule has 0 saturated carbocycles. The van der Waals surface area contributed by atoms with E-state index in [1.54, 1.807) is 6.20 Å². The van der Waals surface area contributed by atoms with Gasteiger partial charge in [0.25, 0.3) is 0 Å². The van der Waals surface area contributed by atoms with Crippen LogP contribution in [0.2, 0.25) is 0 Å². The molecular weight excluding hydrogens is 238 g/mol. The summed E-state index contributed by atoms with van der Waals surface area (Å²) >= 11 is 0. The molecular formula is C15H23N3O. The molecule has 1 aliphatic heterocycles. The molecule has 1 saturated heterocycles. The smallest absolute Gasteiger partial charge is 0.227 e. The lowest BCUT2D eigenvalue weighted by Gasteiger charge is -2.32. The largest absolute Gasteiger partial charge is 0.334 e. The van der Waals surface area contributed by atoms with E-state index in [9.17, 15) is 4.79 Å². The predicted octanol–water partition coefficient (Wildman–Crippen LogP) is 1.82. The molecule has 1 aliphatic rings. The number of rotatable bonds is 4. The van der Waals surface area contributed by atoms with Gasteiger partial charge in [-0.3, -0.25) is 9.78 Å². The molecule has 1 aromatic heterocycles. The van der Waals surface area contributed by atoms with E-state index in [0.717, 1.165) is 31.6 Å². The van der Waals surface area contributed by atoms with Crippen LogP contribution in [-0.4, -0.2) is 34.9 Å². The summed E-state index contributed by atoms with van der Waals surface area (Å²) in [4.78, 5) is 18.9. The highest BCUT2D eigenvalue weighted by Crippen LogP contribution is 2.17. The summed E-state index contributed by atoms with van der Waals surface area (Å²) in [6.07, 6.45) is 3.86. The van der Waals surface area contributed by atoms with E-state index in [0.29, 0.717) is 6.54 Å². The second-order valence-electron chi connectivity index (χ2n) is 5.42. The second kappa shape index (κ2) is 6.66. The number of carbonyl (C=O) groups excluding carboxylic acids is 1.